The summed E-state index contributed by atoms with van der Waals surface area (Å²) in [5, 5.41) is 0. The van der Waals surface area contributed by atoms with Crippen LogP contribution in [0.4, 0.5) is 26.3 Å². The molecule has 0 aromatic rings. The van der Waals surface area contributed by atoms with Crippen LogP contribution >= 0.6 is 0 Å². The molecular formula is C8H6F6. The van der Waals surface area contributed by atoms with E-state index in [0.29, 0.717) is 0 Å². The van der Waals surface area contributed by atoms with Crippen molar-refractivity contribution in [3.63, 3.8) is 0 Å². The zero-order valence-electron chi connectivity index (χ0n) is 6.78. The second-order valence-electron chi connectivity index (χ2n) is 2.96. The van der Waals surface area contributed by atoms with Crippen LogP contribution in [0.1, 0.15) is 6.42 Å². The van der Waals surface area contributed by atoms with Crippen molar-refractivity contribution in [2.24, 2.45) is 5.41 Å². The Morgan fingerprint density at radius 2 is 1.36 bits per heavy atom. The van der Waals surface area contributed by atoms with Gasteiger partial charge in [-0.3, -0.25) is 0 Å². The summed E-state index contributed by atoms with van der Waals surface area (Å²) in [4.78, 5) is 0. The maximum atomic E-state index is 12.3. The lowest BCUT2D eigenvalue weighted by Crippen LogP contribution is -2.48. The van der Waals surface area contributed by atoms with Gasteiger partial charge in [0, 0.05) is 0 Å². The van der Waals surface area contributed by atoms with E-state index in [1.807, 2.05) is 0 Å². The summed E-state index contributed by atoms with van der Waals surface area (Å²) in [6, 6.07) is 0. The fourth-order valence-corrected chi connectivity index (χ4v) is 1.20. The van der Waals surface area contributed by atoms with E-state index >= 15 is 0 Å². The molecular weight excluding hydrogens is 210 g/mol. The molecule has 0 saturated heterocycles. The lowest BCUT2D eigenvalue weighted by molar-refractivity contribution is -0.320. The van der Waals surface area contributed by atoms with Crippen molar-refractivity contribution in [1.29, 1.82) is 0 Å². The van der Waals surface area contributed by atoms with E-state index in [9.17, 15) is 26.3 Å². The van der Waals surface area contributed by atoms with Crippen molar-refractivity contribution in [3.05, 3.63) is 24.3 Å². The molecule has 0 heterocycles. The van der Waals surface area contributed by atoms with E-state index in [-0.39, 0.29) is 6.08 Å². The van der Waals surface area contributed by atoms with Gasteiger partial charge in [-0.05, 0) is 6.42 Å². The van der Waals surface area contributed by atoms with Gasteiger partial charge in [0.1, 0.15) is 0 Å². The highest BCUT2D eigenvalue weighted by Gasteiger charge is 2.68. The van der Waals surface area contributed by atoms with Crippen LogP contribution in [0.3, 0.4) is 0 Å². The Hall–Kier alpha value is -0.940. The third kappa shape index (κ3) is 1.53. The molecule has 0 aromatic heterocycles. The zero-order valence-corrected chi connectivity index (χ0v) is 6.78. The van der Waals surface area contributed by atoms with Gasteiger partial charge in [0.25, 0.3) is 0 Å². The van der Waals surface area contributed by atoms with Gasteiger partial charge in [-0.15, -0.1) is 0 Å². The van der Waals surface area contributed by atoms with E-state index in [1.54, 1.807) is 0 Å². The maximum absolute atomic E-state index is 12.3. The first-order valence-corrected chi connectivity index (χ1v) is 3.68. The van der Waals surface area contributed by atoms with E-state index in [2.05, 4.69) is 0 Å². The number of hydrogen-bond donors (Lipinski definition) is 0. The van der Waals surface area contributed by atoms with Gasteiger partial charge in [0.2, 0.25) is 0 Å². The Morgan fingerprint density at radius 1 is 0.857 bits per heavy atom. The maximum Gasteiger partial charge on any atom is 0.406 e. The molecule has 0 fully saturated rings. The van der Waals surface area contributed by atoms with Gasteiger partial charge in [-0.1, -0.05) is 24.3 Å². The van der Waals surface area contributed by atoms with E-state index in [4.69, 9.17) is 0 Å². The van der Waals surface area contributed by atoms with Crippen LogP contribution < -0.4 is 0 Å². The Labute approximate surface area is 75.9 Å². The van der Waals surface area contributed by atoms with Crippen molar-refractivity contribution in [2.45, 2.75) is 18.8 Å². The summed E-state index contributed by atoms with van der Waals surface area (Å²) in [7, 11) is 0. The molecule has 0 atom stereocenters. The van der Waals surface area contributed by atoms with Crippen molar-refractivity contribution < 1.29 is 26.3 Å². The second kappa shape index (κ2) is 3.03. The third-order valence-electron chi connectivity index (χ3n) is 2.08. The molecule has 0 bridgehead atoms. The molecule has 14 heavy (non-hydrogen) atoms. The van der Waals surface area contributed by atoms with Crippen LogP contribution in [0.2, 0.25) is 0 Å². The van der Waals surface area contributed by atoms with Crippen molar-refractivity contribution >= 4 is 0 Å². The van der Waals surface area contributed by atoms with Crippen LogP contribution in [0, 0.1) is 5.41 Å². The highest BCUT2D eigenvalue weighted by Crippen LogP contribution is 2.54. The molecule has 1 aliphatic carbocycles. The lowest BCUT2D eigenvalue weighted by Gasteiger charge is -2.35. The summed E-state index contributed by atoms with van der Waals surface area (Å²) in [6.45, 7) is 0. The van der Waals surface area contributed by atoms with E-state index in [1.165, 1.54) is 0 Å². The van der Waals surface area contributed by atoms with Gasteiger partial charge in [-0.2, -0.15) is 26.3 Å². The first kappa shape index (κ1) is 11.1. The van der Waals surface area contributed by atoms with Crippen molar-refractivity contribution in [2.75, 3.05) is 0 Å². The fourth-order valence-electron chi connectivity index (χ4n) is 1.20. The number of halogens is 6. The van der Waals surface area contributed by atoms with Crippen molar-refractivity contribution in [3.8, 4) is 0 Å². The van der Waals surface area contributed by atoms with E-state index in [0.717, 1.165) is 18.2 Å². The molecule has 0 radical (unpaired) electrons. The largest absolute Gasteiger partial charge is 0.406 e. The quantitative estimate of drug-likeness (QED) is 0.542. The number of allylic oxidation sites excluding steroid dienone is 4. The summed E-state index contributed by atoms with van der Waals surface area (Å²) < 4.78 is 73.7. The summed E-state index contributed by atoms with van der Waals surface area (Å²) >= 11 is 0. The fraction of sp³-hybridized carbons (Fsp3) is 0.500. The molecule has 0 aliphatic heterocycles. The van der Waals surface area contributed by atoms with Crippen LogP contribution in [0.5, 0.6) is 0 Å². The minimum Gasteiger partial charge on any atom is -0.170 e. The minimum absolute atomic E-state index is 0.160. The lowest BCUT2D eigenvalue weighted by atomic mass is 9.80. The molecule has 80 valence electrons. The van der Waals surface area contributed by atoms with E-state index < -0.39 is 24.2 Å². The molecule has 0 unspecified atom stereocenters. The normalized spacial score (nSPS) is 21.3. The van der Waals surface area contributed by atoms with Crippen LogP contribution in [0.15, 0.2) is 24.3 Å². The number of alkyl halides is 6. The molecule has 0 aromatic carbocycles. The number of hydrogen-bond acceptors (Lipinski definition) is 0. The predicted molar refractivity (Wildman–Crippen MR) is 37.4 cm³/mol. The average molecular weight is 216 g/mol. The predicted octanol–water partition coefficient (Wildman–Crippen LogP) is 3.61. The first-order valence-electron chi connectivity index (χ1n) is 3.68. The van der Waals surface area contributed by atoms with Gasteiger partial charge in [-0.25, -0.2) is 0 Å². The highest BCUT2D eigenvalue weighted by atomic mass is 19.4. The Kier molecular flexibility index (Phi) is 2.41. The molecule has 0 spiro atoms. The second-order valence-corrected chi connectivity index (χ2v) is 2.96. The molecule has 0 nitrogen and oxygen atoms in total. The smallest absolute Gasteiger partial charge is 0.170 e. The molecule has 0 amide bonds. The summed E-state index contributed by atoms with van der Waals surface area (Å²) in [5.41, 5.74) is -3.71. The highest BCUT2D eigenvalue weighted by molar-refractivity contribution is 5.21. The molecule has 0 saturated carbocycles. The van der Waals surface area contributed by atoms with Crippen LogP contribution in [0.25, 0.3) is 0 Å². The average Bonchev–Trinajstić information content (AvgIpc) is 2.02. The minimum atomic E-state index is -5.31. The molecule has 1 aliphatic rings. The summed E-state index contributed by atoms with van der Waals surface area (Å²) in [6.07, 6.45) is -8.76. The monoisotopic (exact) mass is 216 g/mol. The summed E-state index contributed by atoms with van der Waals surface area (Å²) in [5.74, 6) is 0. The van der Waals surface area contributed by atoms with Crippen LogP contribution in [-0.2, 0) is 0 Å². The van der Waals surface area contributed by atoms with Gasteiger partial charge < -0.3 is 0 Å². The van der Waals surface area contributed by atoms with Gasteiger partial charge >= 0.3 is 12.4 Å². The Balaban J connectivity index is 3.18. The SMILES string of the molecule is FC(F)(F)C1(C(F)(F)F)C=CC=CC1. The Bertz CT molecular complexity index is 253. The standard InChI is InChI=1S/C8H6F6/c9-7(10,11)6(8(12,13)14)4-2-1-3-5-6/h1-4H,5H2. The van der Waals surface area contributed by atoms with Gasteiger partial charge in [0.15, 0.2) is 5.41 Å². The Morgan fingerprint density at radius 3 is 1.57 bits per heavy atom. The molecule has 6 heteroatoms. The van der Waals surface area contributed by atoms with Crippen LogP contribution in [-0.4, -0.2) is 12.4 Å². The topological polar surface area (TPSA) is 0 Å². The van der Waals surface area contributed by atoms with Gasteiger partial charge in [0.05, 0.1) is 0 Å². The zero-order chi connectivity index (χ0) is 11.0. The van der Waals surface area contributed by atoms with Crippen molar-refractivity contribution in [1.82, 2.24) is 0 Å². The third-order valence-corrected chi connectivity index (χ3v) is 2.08. The molecule has 0 N–H and O–H groups in total. The number of rotatable bonds is 0. The first-order chi connectivity index (χ1) is 6.21. The molecule has 1 rings (SSSR count).